The van der Waals surface area contributed by atoms with E-state index >= 15 is 0 Å². The first-order chi connectivity index (χ1) is 9.56. The third kappa shape index (κ3) is 3.28. The standard InChI is InChI=1S/C11H11N5O4/c17-11(18)10-7-15(14-13-10)6-5-12-8-1-3-9(4-2-8)16(19)20/h1-4,7,12H,5-6H2,(H,17,18). The van der Waals surface area contributed by atoms with E-state index in [2.05, 4.69) is 15.6 Å². The van der Waals surface area contributed by atoms with Crippen LogP contribution in [0.4, 0.5) is 11.4 Å². The highest BCUT2D eigenvalue weighted by atomic mass is 16.6. The van der Waals surface area contributed by atoms with E-state index < -0.39 is 10.9 Å². The maximum absolute atomic E-state index is 10.6. The second-order valence-corrected chi connectivity index (χ2v) is 3.90. The number of carboxylic acids is 1. The Morgan fingerprint density at radius 1 is 1.40 bits per heavy atom. The molecule has 2 aromatic rings. The van der Waals surface area contributed by atoms with Gasteiger partial charge in [0, 0.05) is 24.4 Å². The van der Waals surface area contributed by atoms with Crippen LogP contribution in [-0.4, -0.2) is 37.5 Å². The van der Waals surface area contributed by atoms with Gasteiger partial charge in [0.2, 0.25) is 0 Å². The molecule has 0 amide bonds. The molecule has 0 atom stereocenters. The summed E-state index contributed by atoms with van der Waals surface area (Å²) >= 11 is 0. The van der Waals surface area contributed by atoms with Gasteiger partial charge in [0.1, 0.15) is 0 Å². The Bertz CT molecular complexity index is 622. The van der Waals surface area contributed by atoms with Crippen molar-refractivity contribution in [1.82, 2.24) is 15.0 Å². The highest BCUT2D eigenvalue weighted by Crippen LogP contribution is 2.14. The molecule has 0 fully saturated rings. The van der Waals surface area contributed by atoms with Gasteiger partial charge in [0.25, 0.3) is 5.69 Å². The molecule has 2 N–H and O–H groups in total. The minimum absolute atomic E-state index is 0.0259. The number of non-ortho nitro benzene ring substituents is 1. The van der Waals surface area contributed by atoms with Crippen molar-refractivity contribution in [3.63, 3.8) is 0 Å². The summed E-state index contributed by atoms with van der Waals surface area (Å²) in [6.45, 7) is 0.914. The number of aromatic nitrogens is 3. The molecular weight excluding hydrogens is 266 g/mol. The van der Waals surface area contributed by atoms with Crippen molar-refractivity contribution in [2.75, 3.05) is 11.9 Å². The van der Waals surface area contributed by atoms with Crippen molar-refractivity contribution in [1.29, 1.82) is 0 Å². The molecule has 0 spiro atoms. The van der Waals surface area contributed by atoms with E-state index in [1.165, 1.54) is 23.0 Å². The maximum atomic E-state index is 10.6. The Morgan fingerprint density at radius 2 is 2.10 bits per heavy atom. The summed E-state index contributed by atoms with van der Waals surface area (Å²) < 4.78 is 1.40. The molecule has 104 valence electrons. The molecule has 0 aliphatic rings. The topological polar surface area (TPSA) is 123 Å². The Balaban J connectivity index is 1.85. The van der Waals surface area contributed by atoms with Gasteiger partial charge in [0.15, 0.2) is 5.69 Å². The van der Waals surface area contributed by atoms with Crippen LogP contribution in [0.3, 0.4) is 0 Å². The first-order valence-corrected chi connectivity index (χ1v) is 5.68. The molecule has 9 nitrogen and oxygen atoms in total. The summed E-state index contributed by atoms with van der Waals surface area (Å²) in [5.41, 5.74) is 0.646. The number of carboxylic acid groups (broad SMARTS) is 1. The highest BCUT2D eigenvalue weighted by molar-refractivity contribution is 5.84. The van der Waals surface area contributed by atoms with Gasteiger partial charge in [-0.3, -0.25) is 10.1 Å². The van der Waals surface area contributed by atoms with Crippen molar-refractivity contribution in [3.8, 4) is 0 Å². The number of nitro benzene ring substituents is 1. The van der Waals surface area contributed by atoms with Crippen molar-refractivity contribution in [3.05, 3.63) is 46.3 Å². The van der Waals surface area contributed by atoms with Crippen LogP contribution in [0.25, 0.3) is 0 Å². The molecular formula is C11H11N5O4. The number of benzene rings is 1. The molecule has 0 aliphatic heterocycles. The first kappa shape index (κ1) is 13.5. The zero-order chi connectivity index (χ0) is 14.5. The van der Waals surface area contributed by atoms with E-state index in [-0.39, 0.29) is 11.4 Å². The molecule has 0 aliphatic carbocycles. The number of nitrogens with one attached hydrogen (secondary N) is 1. The summed E-state index contributed by atoms with van der Waals surface area (Å²) in [5, 5.41) is 29.4. The van der Waals surface area contributed by atoms with Crippen LogP contribution >= 0.6 is 0 Å². The van der Waals surface area contributed by atoms with E-state index in [0.29, 0.717) is 13.1 Å². The summed E-state index contributed by atoms with van der Waals surface area (Å²) in [6.07, 6.45) is 1.33. The first-order valence-electron chi connectivity index (χ1n) is 5.68. The summed E-state index contributed by atoms with van der Waals surface area (Å²) in [4.78, 5) is 20.6. The van der Waals surface area contributed by atoms with Gasteiger partial charge in [0.05, 0.1) is 17.7 Å². The lowest BCUT2D eigenvalue weighted by atomic mass is 10.3. The van der Waals surface area contributed by atoms with Crippen LogP contribution in [-0.2, 0) is 6.54 Å². The number of nitrogens with zero attached hydrogens (tertiary/aromatic N) is 4. The number of hydrogen-bond donors (Lipinski definition) is 2. The van der Waals surface area contributed by atoms with Gasteiger partial charge in [-0.15, -0.1) is 5.10 Å². The van der Waals surface area contributed by atoms with Gasteiger partial charge in [-0.05, 0) is 12.1 Å². The molecule has 20 heavy (non-hydrogen) atoms. The van der Waals surface area contributed by atoms with E-state index in [0.717, 1.165) is 5.69 Å². The fraction of sp³-hybridized carbons (Fsp3) is 0.182. The lowest BCUT2D eigenvalue weighted by molar-refractivity contribution is -0.384. The summed E-state index contributed by atoms with van der Waals surface area (Å²) in [5.74, 6) is -1.13. The van der Waals surface area contributed by atoms with Crippen molar-refractivity contribution in [2.45, 2.75) is 6.54 Å². The van der Waals surface area contributed by atoms with Crippen molar-refractivity contribution < 1.29 is 14.8 Å². The normalized spacial score (nSPS) is 10.2. The van der Waals surface area contributed by atoms with Crippen LogP contribution in [0.1, 0.15) is 10.5 Å². The average molecular weight is 277 g/mol. The summed E-state index contributed by atoms with van der Waals surface area (Å²) in [6, 6.07) is 6.00. The molecule has 2 rings (SSSR count). The molecule has 9 heteroatoms. The molecule has 1 aromatic heterocycles. The van der Waals surface area contributed by atoms with Crippen LogP contribution in [0.15, 0.2) is 30.5 Å². The number of anilines is 1. The predicted octanol–water partition coefficient (Wildman–Crippen LogP) is 0.997. The van der Waals surface area contributed by atoms with Crippen LogP contribution < -0.4 is 5.32 Å². The van der Waals surface area contributed by atoms with Crippen molar-refractivity contribution in [2.24, 2.45) is 0 Å². The molecule has 0 radical (unpaired) electrons. The quantitative estimate of drug-likeness (QED) is 0.596. The van der Waals surface area contributed by atoms with Gasteiger partial charge in [-0.25, -0.2) is 9.48 Å². The minimum atomic E-state index is -1.13. The Kier molecular flexibility index (Phi) is 3.89. The Morgan fingerprint density at radius 3 is 2.65 bits per heavy atom. The number of hydrogen-bond acceptors (Lipinski definition) is 6. The van der Waals surface area contributed by atoms with E-state index in [1.54, 1.807) is 12.1 Å². The van der Waals surface area contributed by atoms with Gasteiger partial charge in [-0.2, -0.15) is 0 Å². The lowest BCUT2D eigenvalue weighted by Crippen LogP contribution is -2.11. The molecule has 0 bridgehead atoms. The number of rotatable bonds is 6. The Hall–Kier alpha value is -2.97. The molecule has 0 saturated heterocycles. The van der Waals surface area contributed by atoms with Crippen LogP contribution in [0.5, 0.6) is 0 Å². The lowest BCUT2D eigenvalue weighted by Gasteiger charge is -2.05. The zero-order valence-electron chi connectivity index (χ0n) is 10.3. The molecule has 0 unspecified atom stereocenters. The number of carbonyl (C=O) groups is 1. The van der Waals surface area contributed by atoms with E-state index in [1.807, 2.05) is 0 Å². The fourth-order valence-electron chi connectivity index (χ4n) is 1.52. The van der Waals surface area contributed by atoms with Crippen LogP contribution in [0, 0.1) is 10.1 Å². The molecule has 0 saturated carbocycles. The second-order valence-electron chi connectivity index (χ2n) is 3.90. The van der Waals surface area contributed by atoms with Gasteiger partial charge in [-0.1, -0.05) is 5.21 Å². The average Bonchev–Trinajstić information content (AvgIpc) is 2.88. The number of nitro groups is 1. The predicted molar refractivity (Wildman–Crippen MR) is 68.6 cm³/mol. The largest absolute Gasteiger partial charge is 0.476 e. The maximum Gasteiger partial charge on any atom is 0.358 e. The molecule has 1 aromatic carbocycles. The summed E-state index contributed by atoms with van der Waals surface area (Å²) in [7, 11) is 0. The fourth-order valence-corrected chi connectivity index (χ4v) is 1.52. The number of aromatic carboxylic acids is 1. The van der Waals surface area contributed by atoms with Crippen LogP contribution in [0.2, 0.25) is 0 Å². The van der Waals surface area contributed by atoms with Gasteiger partial charge < -0.3 is 10.4 Å². The second kappa shape index (κ2) is 5.78. The van der Waals surface area contributed by atoms with E-state index in [4.69, 9.17) is 5.11 Å². The minimum Gasteiger partial charge on any atom is -0.476 e. The van der Waals surface area contributed by atoms with Gasteiger partial charge >= 0.3 is 5.97 Å². The van der Waals surface area contributed by atoms with Crippen molar-refractivity contribution >= 4 is 17.3 Å². The SMILES string of the molecule is O=C(O)c1cn(CCNc2ccc([N+](=O)[O-])cc2)nn1. The third-order valence-corrected chi connectivity index (χ3v) is 2.51. The Labute approximate surface area is 113 Å². The zero-order valence-corrected chi connectivity index (χ0v) is 10.3. The monoisotopic (exact) mass is 277 g/mol. The highest BCUT2D eigenvalue weighted by Gasteiger charge is 2.07. The molecule has 1 heterocycles. The smallest absolute Gasteiger partial charge is 0.358 e. The third-order valence-electron chi connectivity index (χ3n) is 2.51. The van der Waals surface area contributed by atoms with E-state index in [9.17, 15) is 14.9 Å².